The second kappa shape index (κ2) is 8.22. The number of hydrogen-bond donors (Lipinski definition) is 1. The number of nitrogens with one attached hydrogen (secondary N) is 1. The van der Waals surface area contributed by atoms with Crippen molar-refractivity contribution in [2.24, 2.45) is 29.6 Å². The Kier molecular flexibility index (Phi) is 5.20. The molecule has 1 aromatic heterocycles. The maximum atomic E-state index is 13.8. The van der Waals surface area contributed by atoms with E-state index >= 15 is 0 Å². The summed E-state index contributed by atoms with van der Waals surface area (Å²) in [5, 5.41) is 0.764. The molecule has 11 heteroatoms. The van der Waals surface area contributed by atoms with Gasteiger partial charge in [0.15, 0.2) is 0 Å². The van der Waals surface area contributed by atoms with Gasteiger partial charge in [-0.3, -0.25) is 19.3 Å². The average molecular weight is 559 g/mol. The molecule has 0 unspecified atom stereocenters. The Morgan fingerprint density at radius 3 is 2.47 bits per heavy atom. The molecule has 3 heterocycles. The molecular weight excluding hydrogens is 537 g/mol. The van der Waals surface area contributed by atoms with Crippen LogP contribution in [0, 0.1) is 29.6 Å². The lowest BCUT2D eigenvalue weighted by Gasteiger charge is -2.43. The van der Waals surface area contributed by atoms with Crippen molar-refractivity contribution in [1.82, 2.24) is 4.98 Å². The molecule has 2 bridgehead atoms. The van der Waals surface area contributed by atoms with Crippen molar-refractivity contribution in [2.45, 2.75) is 28.8 Å². The van der Waals surface area contributed by atoms with Crippen molar-refractivity contribution < 1.29 is 27.5 Å². The molecule has 2 aliphatic carbocycles. The summed E-state index contributed by atoms with van der Waals surface area (Å²) in [5.41, 5.74) is -0.00846. The van der Waals surface area contributed by atoms with E-state index < -0.39 is 35.4 Å². The number of ether oxygens (including phenoxy) is 1. The molecular formula is C27H21F3N2O4S2. The van der Waals surface area contributed by atoms with Crippen LogP contribution in [0.2, 0.25) is 0 Å². The van der Waals surface area contributed by atoms with E-state index in [1.807, 2.05) is 24.3 Å². The number of carbonyl (C=O) groups is 2. The van der Waals surface area contributed by atoms with Gasteiger partial charge in [-0.25, -0.2) is 0 Å². The van der Waals surface area contributed by atoms with E-state index in [-0.39, 0.29) is 39.5 Å². The predicted octanol–water partition coefficient (Wildman–Crippen LogP) is 5.14. The van der Waals surface area contributed by atoms with Crippen LogP contribution in [0.3, 0.4) is 0 Å². The molecule has 4 aliphatic rings. The number of alkyl halides is 3. The first-order valence-electron chi connectivity index (χ1n) is 12.3. The van der Waals surface area contributed by atoms with Gasteiger partial charge in [0, 0.05) is 21.6 Å². The third-order valence-electron chi connectivity index (χ3n) is 8.63. The van der Waals surface area contributed by atoms with Crippen LogP contribution in [-0.2, 0) is 15.8 Å². The first kappa shape index (κ1) is 24.0. The summed E-state index contributed by atoms with van der Waals surface area (Å²) in [4.78, 5) is 44.5. The zero-order valence-electron chi connectivity index (χ0n) is 19.9. The Bertz CT molecular complexity index is 1550. The number of para-hydroxylation sites is 1. The molecule has 0 radical (unpaired) electrons. The van der Waals surface area contributed by atoms with E-state index in [1.165, 1.54) is 12.1 Å². The number of methoxy groups -OCH3 is 1. The minimum absolute atomic E-state index is 0.0212. The van der Waals surface area contributed by atoms with Crippen LogP contribution < -0.4 is 14.5 Å². The molecule has 7 rings (SSSR count). The summed E-state index contributed by atoms with van der Waals surface area (Å²) in [7, 11) is 1.59. The molecule has 196 valence electrons. The molecule has 2 aliphatic heterocycles. The monoisotopic (exact) mass is 558 g/mol. The largest absolute Gasteiger partial charge is 0.496 e. The van der Waals surface area contributed by atoms with Crippen LogP contribution in [0.1, 0.15) is 28.3 Å². The standard InChI is InChI=1S/C27H21F3N2O4S2/c1-36-16-8-3-2-7-13(16)17-18-14-10-15(21(18)37-23-22(17)38-26(35)31-23)20-19(14)24(33)32(25(20)34)12-6-4-5-11(9-12)27(28,29)30/h2-9,14-15,17-21H,10H2,1H3,(H,31,35)/t14-,15-,17+,18+,19+,20+,21-/m1/s1. The van der Waals surface area contributed by atoms with Crippen molar-refractivity contribution in [3.05, 3.63) is 74.2 Å². The topological polar surface area (TPSA) is 79.5 Å². The Morgan fingerprint density at radius 2 is 1.74 bits per heavy atom. The number of aromatic amines is 1. The minimum Gasteiger partial charge on any atom is -0.496 e. The molecule has 2 aromatic carbocycles. The molecule has 7 atom stereocenters. The van der Waals surface area contributed by atoms with Crippen molar-refractivity contribution in [1.29, 1.82) is 0 Å². The van der Waals surface area contributed by atoms with E-state index in [4.69, 9.17) is 4.74 Å². The molecule has 1 N–H and O–H groups in total. The summed E-state index contributed by atoms with van der Waals surface area (Å²) in [6.07, 6.45) is -3.89. The van der Waals surface area contributed by atoms with Gasteiger partial charge in [0.2, 0.25) is 11.8 Å². The molecule has 6 nitrogen and oxygen atoms in total. The second-order valence-electron chi connectivity index (χ2n) is 10.3. The number of amides is 2. The highest BCUT2D eigenvalue weighted by molar-refractivity contribution is 8.00. The number of thioether (sulfide) groups is 1. The fourth-order valence-electron chi connectivity index (χ4n) is 7.36. The summed E-state index contributed by atoms with van der Waals surface area (Å²) in [5.74, 6) is -1.84. The SMILES string of the molecule is COc1ccccc1[C@@H]1c2sc(=O)[nH]c2S[C@@H]2[C@@H]3C[C@@H]([C@@H]4C(=O)N(c5cccc(C(F)(F)F)c5)C(=O)[C@@H]34)[C@@H]12. The van der Waals surface area contributed by atoms with Crippen molar-refractivity contribution in [3.8, 4) is 5.75 Å². The third kappa shape index (κ3) is 3.24. The molecule has 0 spiro atoms. The minimum atomic E-state index is -4.58. The van der Waals surface area contributed by atoms with Gasteiger partial charge >= 0.3 is 11.0 Å². The van der Waals surface area contributed by atoms with Crippen LogP contribution >= 0.6 is 23.1 Å². The predicted molar refractivity (Wildman–Crippen MR) is 135 cm³/mol. The highest BCUT2D eigenvalue weighted by atomic mass is 32.2. The van der Waals surface area contributed by atoms with Crippen LogP contribution in [0.5, 0.6) is 5.75 Å². The van der Waals surface area contributed by atoms with E-state index in [0.29, 0.717) is 12.2 Å². The molecule has 2 saturated carbocycles. The van der Waals surface area contributed by atoms with Gasteiger partial charge < -0.3 is 9.72 Å². The Morgan fingerprint density at radius 1 is 1.00 bits per heavy atom. The lowest BCUT2D eigenvalue weighted by Crippen LogP contribution is -2.42. The number of imide groups is 1. The lowest BCUT2D eigenvalue weighted by atomic mass is 9.68. The van der Waals surface area contributed by atoms with Crippen LogP contribution in [0.25, 0.3) is 0 Å². The number of aromatic nitrogens is 1. The summed E-state index contributed by atoms with van der Waals surface area (Å²) >= 11 is 2.72. The molecule has 1 saturated heterocycles. The van der Waals surface area contributed by atoms with Crippen molar-refractivity contribution in [3.63, 3.8) is 0 Å². The van der Waals surface area contributed by atoms with E-state index in [0.717, 1.165) is 43.8 Å². The van der Waals surface area contributed by atoms with Crippen LogP contribution in [-0.4, -0.2) is 29.2 Å². The number of anilines is 1. The lowest BCUT2D eigenvalue weighted by molar-refractivity contribution is -0.137. The van der Waals surface area contributed by atoms with Crippen LogP contribution in [0.4, 0.5) is 18.9 Å². The number of fused-ring (bicyclic) bond motifs is 9. The molecule has 2 amide bonds. The van der Waals surface area contributed by atoms with Gasteiger partial charge in [-0.2, -0.15) is 13.2 Å². The Balaban J connectivity index is 1.32. The zero-order chi connectivity index (χ0) is 26.5. The quantitative estimate of drug-likeness (QED) is 0.451. The maximum Gasteiger partial charge on any atom is 0.416 e. The van der Waals surface area contributed by atoms with Gasteiger partial charge in [-0.1, -0.05) is 35.6 Å². The number of thiazole rings is 1. The fraction of sp³-hybridized carbons (Fsp3) is 0.370. The highest BCUT2D eigenvalue weighted by Crippen LogP contribution is 2.69. The first-order chi connectivity index (χ1) is 18.2. The number of nitrogens with zero attached hydrogens (tertiary/aromatic N) is 1. The van der Waals surface area contributed by atoms with Gasteiger partial charge in [0.1, 0.15) is 5.75 Å². The number of carbonyl (C=O) groups excluding carboxylic acids is 2. The number of rotatable bonds is 3. The number of benzene rings is 2. The van der Waals surface area contributed by atoms with Crippen molar-refractivity contribution >= 4 is 40.6 Å². The smallest absolute Gasteiger partial charge is 0.416 e. The first-order valence-corrected chi connectivity index (χ1v) is 14.0. The maximum absolute atomic E-state index is 13.8. The summed E-state index contributed by atoms with van der Waals surface area (Å²) in [6.45, 7) is 0. The molecule has 3 aromatic rings. The van der Waals surface area contributed by atoms with Crippen LogP contribution in [0.15, 0.2) is 58.4 Å². The second-order valence-corrected chi connectivity index (χ2v) is 12.5. The molecule has 38 heavy (non-hydrogen) atoms. The van der Waals surface area contributed by atoms with Crippen molar-refractivity contribution in [2.75, 3.05) is 12.0 Å². The van der Waals surface area contributed by atoms with Gasteiger partial charge in [-0.05, 0) is 48.4 Å². The number of halogens is 3. The number of H-pyrrole nitrogens is 1. The zero-order valence-corrected chi connectivity index (χ0v) is 21.5. The highest BCUT2D eigenvalue weighted by Gasteiger charge is 2.69. The molecule has 3 fully saturated rings. The van der Waals surface area contributed by atoms with E-state index in [1.54, 1.807) is 18.9 Å². The van der Waals surface area contributed by atoms with E-state index in [9.17, 15) is 27.6 Å². The Hall–Kier alpha value is -3.05. The normalized spacial score (nSPS) is 31.4. The van der Waals surface area contributed by atoms with Gasteiger partial charge in [0.25, 0.3) is 0 Å². The van der Waals surface area contributed by atoms with E-state index in [2.05, 4.69) is 4.98 Å². The summed E-state index contributed by atoms with van der Waals surface area (Å²) in [6, 6.07) is 12.1. The number of hydrogen-bond acceptors (Lipinski definition) is 6. The average Bonchev–Trinajstić information content (AvgIpc) is 3.62. The summed E-state index contributed by atoms with van der Waals surface area (Å²) < 4.78 is 45.8. The van der Waals surface area contributed by atoms with Gasteiger partial charge in [-0.15, -0.1) is 11.8 Å². The third-order valence-corrected chi connectivity index (χ3v) is 11.2. The fourth-order valence-corrected chi connectivity index (χ4v) is 10.2. The Labute approximate surface area is 223 Å². The van der Waals surface area contributed by atoms with Gasteiger partial charge in [0.05, 0.1) is 35.2 Å².